The molecule has 0 spiro atoms. The van der Waals surface area contributed by atoms with Crippen LogP contribution < -0.4 is 4.74 Å². The monoisotopic (exact) mass is 573 g/mol. The number of carbonyl (C=O) groups is 2. The van der Waals surface area contributed by atoms with Crippen molar-refractivity contribution in [2.75, 3.05) is 59.5 Å². The summed E-state index contributed by atoms with van der Waals surface area (Å²) < 4.78 is 24.2. The first-order valence-corrected chi connectivity index (χ1v) is 14.8. The lowest BCUT2D eigenvalue weighted by molar-refractivity contribution is -0.138. The quantitative estimate of drug-likeness (QED) is 0.319. The largest absolute Gasteiger partial charge is 0.457 e. The first-order valence-electron chi connectivity index (χ1n) is 14.8. The smallest absolute Gasteiger partial charge is 0.237 e. The van der Waals surface area contributed by atoms with Crippen LogP contribution in [0.15, 0.2) is 78.9 Å². The van der Waals surface area contributed by atoms with Crippen LogP contribution in [0.5, 0.6) is 11.5 Å². The van der Waals surface area contributed by atoms with Gasteiger partial charge in [-0.3, -0.25) is 19.4 Å². The molecule has 0 saturated carbocycles. The molecule has 0 bridgehead atoms. The Bertz CT molecular complexity index is 1290. The Hall–Kier alpha value is -3.59. The third-order valence-corrected chi connectivity index (χ3v) is 8.23. The molecule has 2 aliphatic rings. The van der Waals surface area contributed by atoms with Crippen molar-refractivity contribution in [3.05, 3.63) is 95.8 Å². The zero-order valence-electron chi connectivity index (χ0n) is 24.3. The molecule has 5 rings (SSSR count). The molecule has 0 radical (unpaired) electrons. The van der Waals surface area contributed by atoms with Crippen molar-refractivity contribution in [2.24, 2.45) is 5.92 Å². The molecule has 2 atom stereocenters. The van der Waals surface area contributed by atoms with Gasteiger partial charge in [-0.05, 0) is 66.3 Å². The highest BCUT2D eigenvalue weighted by molar-refractivity contribution is 5.91. The molecule has 0 unspecified atom stereocenters. The minimum atomic E-state index is -0.427. The van der Waals surface area contributed by atoms with Gasteiger partial charge in [0.15, 0.2) is 5.78 Å². The Balaban J connectivity index is 1.21. The summed E-state index contributed by atoms with van der Waals surface area (Å²) in [6.45, 7) is 6.05. The lowest BCUT2D eigenvalue weighted by Crippen LogP contribution is -2.52. The first kappa shape index (κ1) is 29.9. The standard InChI is InChI=1S/C34H40FN3O4/c1-41-20-19-36-15-17-37(18-16-36)25-34(40)38-24-28(21-26-5-3-2-4-6-26)22-32(38)33(39)23-27-7-11-30(12-8-27)42-31-13-9-29(35)10-14-31/h2-14,28,32H,15-25H2,1H3/t28-,32+/m1/s1. The van der Waals surface area contributed by atoms with E-state index in [0.29, 0.717) is 37.6 Å². The number of benzene rings is 3. The van der Waals surface area contributed by atoms with Crippen LogP contribution in [0.4, 0.5) is 4.39 Å². The summed E-state index contributed by atoms with van der Waals surface area (Å²) >= 11 is 0. The fraction of sp³-hybridized carbons (Fsp3) is 0.412. The molecule has 0 N–H and O–H groups in total. The van der Waals surface area contributed by atoms with E-state index in [9.17, 15) is 14.0 Å². The van der Waals surface area contributed by atoms with Gasteiger partial charge in [0, 0.05) is 52.8 Å². The van der Waals surface area contributed by atoms with Crippen molar-refractivity contribution >= 4 is 11.7 Å². The van der Waals surface area contributed by atoms with Gasteiger partial charge in [0.1, 0.15) is 17.3 Å². The lowest BCUT2D eigenvalue weighted by atomic mass is 9.94. The topological polar surface area (TPSA) is 62.3 Å². The van der Waals surface area contributed by atoms with Crippen molar-refractivity contribution in [3.63, 3.8) is 0 Å². The van der Waals surface area contributed by atoms with Gasteiger partial charge in [0.25, 0.3) is 0 Å². The SMILES string of the molecule is COCCN1CCN(CC(=O)N2C[C@H](Cc3ccccc3)C[C@H]2C(=O)Cc2ccc(Oc3ccc(F)cc3)cc2)CC1. The summed E-state index contributed by atoms with van der Waals surface area (Å²) in [7, 11) is 1.72. The van der Waals surface area contributed by atoms with E-state index < -0.39 is 6.04 Å². The summed E-state index contributed by atoms with van der Waals surface area (Å²) in [6.07, 6.45) is 1.78. The third kappa shape index (κ3) is 8.25. The van der Waals surface area contributed by atoms with Gasteiger partial charge in [-0.15, -0.1) is 0 Å². The maximum Gasteiger partial charge on any atom is 0.237 e. The third-order valence-electron chi connectivity index (χ3n) is 8.23. The molecule has 0 aliphatic carbocycles. The van der Waals surface area contributed by atoms with Crippen molar-refractivity contribution in [1.82, 2.24) is 14.7 Å². The Labute approximate surface area is 247 Å². The fourth-order valence-corrected chi connectivity index (χ4v) is 5.91. The number of carbonyl (C=O) groups excluding carboxylic acids is 2. The van der Waals surface area contributed by atoms with Gasteiger partial charge in [-0.1, -0.05) is 42.5 Å². The van der Waals surface area contributed by atoms with Crippen LogP contribution in [-0.4, -0.2) is 92.0 Å². The second-order valence-corrected chi connectivity index (χ2v) is 11.3. The first-order chi connectivity index (χ1) is 20.5. The Morgan fingerprint density at radius 2 is 1.48 bits per heavy atom. The predicted molar refractivity (Wildman–Crippen MR) is 160 cm³/mol. The molecule has 222 valence electrons. The number of hydrogen-bond donors (Lipinski definition) is 0. The number of hydrogen-bond acceptors (Lipinski definition) is 6. The van der Waals surface area contributed by atoms with Crippen LogP contribution in [0, 0.1) is 11.7 Å². The number of methoxy groups -OCH3 is 1. The number of halogens is 1. The fourth-order valence-electron chi connectivity index (χ4n) is 5.91. The van der Waals surface area contributed by atoms with E-state index in [2.05, 4.69) is 21.9 Å². The molecule has 2 aliphatic heterocycles. The number of ketones is 1. The van der Waals surface area contributed by atoms with Crippen molar-refractivity contribution in [2.45, 2.75) is 25.3 Å². The molecule has 2 saturated heterocycles. The van der Waals surface area contributed by atoms with E-state index in [0.717, 1.165) is 44.7 Å². The van der Waals surface area contributed by atoms with E-state index in [4.69, 9.17) is 9.47 Å². The van der Waals surface area contributed by atoms with Gasteiger partial charge in [-0.25, -0.2) is 4.39 Å². The van der Waals surface area contributed by atoms with E-state index in [-0.39, 0.29) is 29.8 Å². The molecular formula is C34H40FN3O4. The molecule has 0 aromatic heterocycles. The predicted octanol–water partition coefficient (Wildman–Crippen LogP) is 4.45. The van der Waals surface area contributed by atoms with Gasteiger partial charge in [0.05, 0.1) is 19.2 Å². The highest BCUT2D eigenvalue weighted by Crippen LogP contribution is 2.29. The average Bonchev–Trinajstić information content (AvgIpc) is 3.43. The Kier molecular flexibility index (Phi) is 10.3. The van der Waals surface area contributed by atoms with Crippen molar-refractivity contribution in [1.29, 1.82) is 0 Å². The van der Waals surface area contributed by atoms with Crippen molar-refractivity contribution in [3.8, 4) is 11.5 Å². The van der Waals surface area contributed by atoms with Crippen LogP contribution in [0.25, 0.3) is 0 Å². The highest BCUT2D eigenvalue weighted by Gasteiger charge is 2.39. The second kappa shape index (κ2) is 14.5. The Morgan fingerprint density at radius 1 is 0.833 bits per heavy atom. The summed E-state index contributed by atoms with van der Waals surface area (Å²) in [6, 6.07) is 23.1. The van der Waals surface area contributed by atoms with Crippen LogP contribution in [0.2, 0.25) is 0 Å². The lowest BCUT2D eigenvalue weighted by Gasteiger charge is -2.35. The molecule has 1 amide bonds. The number of Topliss-reactive ketones (excluding diaryl/α,β-unsaturated/α-hetero) is 1. The maximum atomic E-state index is 13.7. The van der Waals surface area contributed by atoms with Crippen LogP contribution in [0.3, 0.4) is 0 Å². The number of amides is 1. The Morgan fingerprint density at radius 3 is 2.14 bits per heavy atom. The number of rotatable bonds is 12. The molecule has 2 heterocycles. The molecule has 3 aromatic rings. The minimum Gasteiger partial charge on any atom is -0.457 e. The summed E-state index contributed by atoms with van der Waals surface area (Å²) in [5, 5.41) is 0. The summed E-state index contributed by atoms with van der Waals surface area (Å²) in [5.74, 6) is 1.18. The summed E-state index contributed by atoms with van der Waals surface area (Å²) in [5.41, 5.74) is 2.10. The summed E-state index contributed by atoms with van der Waals surface area (Å²) in [4.78, 5) is 33.7. The van der Waals surface area contributed by atoms with Gasteiger partial charge in [0.2, 0.25) is 5.91 Å². The average molecular weight is 574 g/mol. The van der Waals surface area contributed by atoms with Crippen LogP contribution in [0.1, 0.15) is 17.5 Å². The molecule has 42 heavy (non-hydrogen) atoms. The number of likely N-dealkylation sites (tertiary alicyclic amines) is 1. The van der Waals surface area contributed by atoms with Crippen LogP contribution in [-0.2, 0) is 27.2 Å². The molecule has 7 nitrogen and oxygen atoms in total. The zero-order chi connectivity index (χ0) is 29.3. The number of ether oxygens (including phenoxy) is 2. The van der Waals surface area contributed by atoms with Gasteiger partial charge in [-0.2, -0.15) is 0 Å². The molecule has 2 fully saturated rings. The zero-order valence-corrected chi connectivity index (χ0v) is 24.3. The number of nitrogens with zero attached hydrogens (tertiary/aromatic N) is 3. The molecule has 8 heteroatoms. The van der Waals surface area contributed by atoms with E-state index in [1.54, 1.807) is 19.2 Å². The number of piperazine rings is 1. The van der Waals surface area contributed by atoms with E-state index in [1.165, 1.54) is 17.7 Å². The highest BCUT2D eigenvalue weighted by atomic mass is 19.1. The maximum absolute atomic E-state index is 13.7. The van der Waals surface area contributed by atoms with E-state index >= 15 is 0 Å². The van der Waals surface area contributed by atoms with Crippen LogP contribution >= 0.6 is 0 Å². The van der Waals surface area contributed by atoms with E-state index in [1.807, 2.05) is 47.4 Å². The van der Waals surface area contributed by atoms with Gasteiger partial charge >= 0.3 is 0 Å². The van der Waals surface area contributed by atoms with Gasteiger partial charge < -0.3 is 14.4 Å². The van der Waals surface area contributed by atoms with Crippen molar-refractivity contribution < 1.29 is 23.5 Å². The minimum absolute atomic E-state index is 0.0392. The normalized spacial score (nSPS) is 19.6. The molecule has 3 aromatic carbocycles. The second-order valence-electron chi connectivity index (χ2n) is 11.3. The molecular weight excluding hydrogens is 533 g/mol.